The predicted octanol–water partition coefficient (Wildman–Crippen LogP) is -0.126. The Labute approximate surface area is 55.5 Å². The van der Waals surface area contributed by atoms with Gasteiger partial charge in [-0.2, -0.15) is 0 Å². The molecule has 0 aliphatic heterocycles. The molecule has 0 heterocycles. The van der Waals surface area contributed by atoms with Gasteiger partial charge in [0.05, 0.1) is 0 Å². The van der Waals surface area contributed by atoms with Crippen molar-refractivity contribution in [3.05, 3.63) is 0 Å². The van der Waals surface area contributed by atoms with E-state index in [1.165, 1.54) is 0 Å². The second-order valence-electron chi connectivity index (χ2n) is 0. The average Bonchev–Trinajstić information content (AvgIpc) is 0. The summed E-state index contributed by atoms with van der Waals surface area (Å²) >= 11 is 0. The minimum absolute atomic E-state index is 0. The minimum Gasteiger partial charge on any atom is -2.00 e. The molecule has 1 nitrogen and oxygen atoms in total. The van der Waals surface area contributed by atoms with Crippen LogP contribution < -0.4 is 0 Å². The molecular weight excluding hydrogens is 169 g/mol. The van der Waals surface area contributed by atoms with Crippen LogP contribution in [0.1, 0.15) is 0 Å². The summed E-state index contributed by atoms with van der Waals surface area (Å²) in [4.78, 5) is 0. The van der Waals surface area contributed by atoms with E-state index in [2.05, 4.69) is 0 Å². The predicted molar refractivity (Wildman–Crippen MR) is 8.05 cm³/mol. The Morgan fingerprint density at radius 1 is 1.00 bits per heavy atom. The third kappa shape index (κ3) is 9.84. The molecule has 0 radical (unpaired) electrons. The van der Waals surface area contributed by atoms with Gasteiger partial charge in [-0.05, 0) is 0 Å². The van der Waals surface area contributed by atoms with Gasteiger partial charge in [0.25, 0.3) is 0 Å². The summed E-state index contributed by atoms with van der Waals surface area (Å²) in [6.45, 7) is 0. The normalized spacial score (nSPS) is 0. The van der Waals surface area contributed by atoms with E-state index in [1.807, 2.05) is 0 Å². The van der Waals surface area contributed by atoms with Crippen molar-refractivity contribution in [3.8, 4) is 0 Å². The molecule has 0 spiro atoms. The zero-order valence-corrected chi connectivity index (χ0v) is 6.76. The van der Waals surface area contributed by atoms with Crippen LogP contribution in [0.25, 0.3) is 0 Å². The van der Waals surface area contributed by atoms with Crippen molar-refractivity contribution < 1.29 is 42.0 Å². The van der Waals surface area contributed by atoms with Crippen molar-refractivity contribution >= 4 is 13.5 Å². The fourth-order valence-corrected chi connectivity index (χ4v) is 0. The van der Waals surface area contributed by atoms with Crippen LogP contribution in [0.2, 0.25) is 0 Å². The van der Waals surface area contributed by atoms with Crippen molar-refractivity contribution in [1.82, 2.24) is 0 Å². The van der Waals surface area contributed by atoms with E-state index in [0.717, 1.165) is 0 Å². The van der Waals surface area contributed by atoms with Crippen molar-refractivity contribution in [1.29, 1.82) is 0 Å². The molecule has 4 heteroatoms. The van der Waals surface area contributed by atoms with Crippen LogP contribution in [0.5, 0.6) is 0 Å². The van der Waals surface area contributed by atoms with Crippen molar-refractivity contribution in [2.45, 2.75) is 0 Å². The Balaban J connectivity index is 0. The molecule has 0 amide bonds. The first-order valence-corrected chi connectivity index (χ1v) is 0. The summed E-state index contributed by atoms with van der Waals surface area (Å²) in [6, 6.07) is 0. The number of hydrogen-bond acceptors (Lipinski definition) is 0. The quantitative estimate of drug-likeness (QED) is 0.452. The van der Waals surface area contributed by atoms with E-state index in [1.54, 1.807) is 0 Å². The molecule has 0 aromatic heterocycles. The largest absolute Gasteiger partial charge is 2.00 e. The van der Waals surface area contributed by atoms with Crippen molar-refractivity contribution in [3.63, 3.8) is 0 Å². The van der Waals surface area contributed by atoms with E-state index in [-0.39, 0.29) is 55.5 Å². The zero-order chi connectivity index (χ0) is 0. The molecule has 0 aliphatic rings. The fraction of sp³-hybridized carbons (Fsp3) is 0. The third-order valence-electron chi connectivity index (χ3n) is 0. The second kappa shape index (κ2) is 25.2. The van der Waals surface area contributed by atoms with Crippen LogP contribution in [0, 0.1) is 0 Å². The van der Waals surface area contributed by atoms with Crippen LogP contribution >= 0.6 is 0 Å². The van der Waals surface area contributed by atoms with E-state index in [4.69, 9.17) is 0 Å². The maximum atomic E-state index is 0. The summed E-state index contributed by atoms with van der Waals surface area (Å²) in [7, 11) is 0. The topological polar surface area (TPSA) is 28.5 Å². The molecular formula is FeOSZn. The van der Waals surface area contributed by atoms with Crippen LogP contribution in [-0.2, 0) is 55.5 Å². The van der Waals surface area contributed by atoms with Gasteiger partial charge in [0.15, 0.2) is 0 Å². The maximum absolute atomic E-state index is 0. The van der Waals surface area contributed by atoms with Gasteiger partial charge in [-0.3, -0.25) is 0 Å². The first kappa shape index (κ1) is 51.2. The first-order chi connectivity index (χ1) is 0. The van der Waals surface area contributed by atoms with Gasteiger partial charge in [-0.1, -0.05) is 0 Å². The van der Waals surface area contributed by atoms with E-state index >= 15 is 0 Å². The van der Waals surface area contributed by atoms with E-state index < -0.39 is 0 Å². The molecule has 0 rings (SSSR count). The zero-order valence-electron chi connectivity index (χ0n) is 1.88. The molecule has 0 unspecified atom stereocenters. The molecule has 4 heavy (non-hydrogen) atoms. The average molecular weight is 169 g/mol. The van der Waals surface area contributed by atoms with Gasteiger partial charge in [-0.25, -0.2) is 0 Å². The Morgan fingerprint density at radius 2 is 1.00 bits per heavy atom. The first-order valence-electron chi connectivity index (χ1n) is 0. The van der Waals surface area contributed by atoms with Crippen molar-refractivity contribution in [2.75, 3.05) is 0 Å². The van der Waals surface area contributed by atoms with Crippen molar-refractivity contribution in [2.24, 2.45) is 0 Å². The summed E-state index contributed by atoms with van der Waals surface area (Å²) < 4.78 is 0. The maximum Gasteiger partial charge on any atom is 2.00 e. The van der Waals surface area contributed by atoms with Gasteiger partial charge in [-0.15, -0.1) is 0 Å². The molecule has 0 saturated carbocycles. The van der Waals surface area contributed by atoms with Gasteiger partial charge in [0.2, 0.25) is 0 Å². The molecule has 0 bridgehead atoms. The Bertz CT molecular complexity index is 8.00. The monoisotopic (exact) mass is 168 g/mol. The summed E-state index contributed by atoms with van der Waals surface area (Å²) in [6.07, 6.45) is 0. The van der Waals surface area contributed by atoms with Gasteiger partial charge < -0.3 is 19.0 Å². The molecule has 22 valence electrons. The van der Waals surface area contributed by atoms with E-state index in [0.29, 0.717) is 0 Å². The minimum atomic E-state index is 0. The molecule has 0 saturated heterocycles. The molecule has 0 aromatic carbocycles. The SMILES string of the molecule is [Fe+2].[O-2].[S-2].[Zn+2]. The van der Waals surface area contributed by atoms with Gasteiger partial charge >= 0.3 is 36.5 Å². The van der Waals surface area contributed by atoms with Crippen LogP contribution in [0.15, 0.2) is 0 Å². The van der Waals surface area contributed by atoms with Crippen LogP contribution in [-0.4, -0.2) is 0 Å². The van der Waals surface area contributed by atoms with Crippen LogP contribution in [0.3, 0.4) is 0 Å². The molecule has 0 N–H and O–H groups in total. The summed E-state index contributed by atoms with van der Waals surface area (Å²) in [5, 5.41) is 0. The molecule has 0 fully saturated rings. The second-order valence-corrected chi connectivity index (χ2v) is 0. The van der Waals surface area contributed by atoms with Gasteiger partial charge in [0, 0.05) is 0 Å². The van der Waals surface area contributed by atoms with Crippen LogP contribution in [0.4, 0.5) is 0 Å². The Morgan fingerprint density at radius 3 is 1.00 bits per heavy atom. The molecule has 0 atom stereocenters. The number of hydrogen-bond donors (Lipinski definition) is 0. The summed E-state index contributed by atoms with van der Waals surface area (Å²) in [5.41, 5.74) is 0. The Kier molecular flexibility index (Phi) is 322. The molecule has 0 aliphatic carbocycles. The van der Waals surface area contributed by atoms with Gasteiger partial charge in [0.1, 0.15) is 0 Å². The third-order valence-corrected chi connectivity index (χ3v) is 0. The number of rotatable bonds is 0. The fourth-order valence-electron chi connectivity index (χ4n) is 0. The van der Waals surface area contributed by atoms with E-state index in [9.17, 15) is 0 Å². The molecule has 0 aromatic rings. The standard InChI is InChI=1S/Fe.O.S.Zn/q+2;2*-2;+2. The smallest absolute Gasteiger partial charge is 2.00 e. The summed E-state index contributed by atoms with van der Waals surface area (Å²) in [5.74, 6) is 0. The Hall–Kier alpha value is 1.45.